The van der Waals surface area contributed by atoms with Gasteiger partial charge in [0.1, 0.15) is 0 Å². The predicted octanol–water partition coefficient (Wildman–Crippen LogP) is -2.86. The van der Waals surface area contributed by atoms with Crippen molar-refractivity contribution in [3.8, 4) is 0 Å². The third kappa shape index (κ3) is 26.3. The zero-order valence-electron chi connectivity index (χ0n) is 1.62. The van der Waals surface area contributed by atoms with Gasteiger partial charge in [0, 0.05) is 28.5 Å². The van der Waals surface area contributed by atoms with Gasteiger partial charge in [0.15, 0.2) is 0 Å². The maximum Gasteiger partial charge on any atom is 0 e. The average molecular weight is 370 g/mol. The largest absolute Gasteiger partial charge is 0.0149 e. The molecule has 0 bridgehead atoms. The minimum absolute atomic E-state index is 0. The van der Waals surface area contributed by atoms with Gasteiger partial charge in [-0.05, 0) is 11.0 Å². The molecule has 3 N–H and O–H groups in total. The molecule has 0 aromatic rings. The normalized spacial score (nSPS) is 0. The van der Waals surface area contributed by atoms with Crippen LogP contribution in [-0.4, -0.2) is 45.2 Å². The first kappa shape index (κ1) is 72.3. The minimum atomic E-state index is 0. The molecule has 0 fully saturated rings. The third-order valence-electron chi connectivity index (χ3n) is 0. The molecule has 0 heterocycles. The molecule has 0 aliphatic rings. The van der Waals surface area contributed by atoms with Gasteiger partial charge >= 0.3 is 25.8 Å². The van der Waals surface area contributed by atoms with Crippen LogP contribution < -0.4 is 6.15 Å². The van der Waals surface area contributed by atoms with Crippen molar-refractivity contribution in [3.63, 3.8) is 0 Å². The Labute approximate surface area is 71.0 Å². The molecule has 0 rings (SSSR count). The fourth-order valence-corrected chi connectivity index (χ4v) is 0. The maximum absolute atomic E-state index is 0. The summed E-state index contributed by atoms with van der Waals surface area (Å²) in [6.07, 6.45) is 0. The van der Waals surface area contributed by atoms with Gasteiger partial charge in [-0.25, -0.2) is 0 Å². The molecule has 0 spiro atoms. The van der Waals surface area contributed by atoms with Crippen molar-refractivity contribution in [3.05, 3.63) is 0 Å². The number of hydrogen-bond donors (Lipinski definition) is 1. The standard InChI is InChI=1S/B.In.Ir.H3N.H4Si.3H/h;;;1H3;1H4;;;. The zero-order valence-corrected chi connectivity index (χ0v) is 4.01. The van der Waals surface area contributed by atoms with Crippen molar-refractivity contribution in [1.29, 1.82) is 0 Å². The fraction of sp³-hybridized carbons (Fsp3) is 0. The molecule has 0 amide bonds. The van der Waals surface area contributed by atoms with E-state index in [4.69, 9.17) is 0 Å². The number of hydrogen-bond acceptors (Lipinski definition) is 1. The first-order chi connectivity index (χ1) is 0. The second kappa shape index (κ2) is 42.1. The molecule has 0 atom stereocenters. The molecule has 0 unspecified atom stereocenters. The summed E-state index contributed by atoms with van der Waals surface area (Å²) in [4.78, 5) is 0. The van der Waals surface area contributed by atoms with Gasteiger partial charge in [-0.2, -0.15) is 0 Å². The van der Waals surface area contributed by atoms with Gasteiger partial charge in [0.2, 0.25) is 0 Å². The van der Waals surface area contributed by atoms with Crippen molar-refractivity contribution in [2.24, 2.45) is 0 Å². The Balaban J connectivity index is 0. The SMILES string of the molecule is N.[B].[InH3].[Ir].[SiH4]. The van der Waals surface area contributed by atoms with Gasteiger partial charge in [0.25, 0.3) is 0 Å². The van der Waals surface area contributed by atoms with Crippen molar-refractivity contribution >= 4 is 45.2 Å². The molecule has 34 valence electrons. The summed E-state index contributed by atoms with van der Waals surface area (Å²) in [5.74, 6) is 0. The summed E-state index contributed by atoms with van der Waals surface area (Å²) in [5.41, 5.74) is 0. The monoisotopic (exact) mass is 371 g/mol. The summed E-state index contributed by atoms with van der Waals surface area (Å²) in [7, 11) is 0. The van der Waals surface area contributed by atoms with E-state index in [2.05, 4.69) is 0 Å². The van der Waals surface area contributed by atoms with E-state index in [0.717, 1.165) is 0 Å². The molecule has 0 aromatic heterocycles. The molecule has 0 saturated carbocycles. The van der Waals surface area contributed by atoms with Crippen LogP contribution in [0.3, 0.4) is 0 Å². The molecule has 0 aliphatic heterocycles. The topological polar surface area (TPSA) is 35.0 Å². The van der Waals surface area contributed by atoms with Gasteiger partial charge < -0.3 is 6.15 Å². The molecular weight excluding hydrogens is 360 g/mol. The molecule has 5 heteroatoms. The van der Waals surface area contributed by atoms with E-state index in [9.17, 15) is 0 Å². The van der Waals surface area contributed by atoms with Crippen LogP contribution in [0.15, 0.2) is 0 Å². The van der Waals surface area contributed by atoms with Gasteiger partial charge in [-0.3, -0.25) is 0 Å². The Hall–Kier alpha value is 1.76. The first-order valence-electron chi connectivity index (χ1n) is 0. The van der Waals surface area contributed by atoms with Crippen LogP contribution >= 0.6 is 0 Å². The molecule has 5 heavy (non-hydrogen) atoms. The summed E-state index contributed by atoms with van der Waals surface area (Å²) in [5, 5.41) is 0. The zero-order chi connectivity index (χ0) is 0. The van der Waals surface area contributed by atoms with E-state index in [-0.39, 0.29) is 71.5 Å². The smallest absolute Gasteiger partial charge is 0 e. The van der Waals surface area contributed by atoms with Crippen LogP contribution in [0.1, 0.15) is 0 Å². The maximum atomic E-state index is 0. The van der Waals surface area contributed by atoms with Crippen LogP contribution in [0, 0.1) is 0 Å². The van der Waals surface area contributed by atoms with Crippen LogP contribution in [-0.2, 0) is 20.1 Å². The summed E-state index contributed by atoms with van der Waals surface area (Å²) in [6.45, 7) is 0. The van der Waals surface area contributed by atoms with Crippen LogP contribution in [0.5, 0.6) is 0 Å². The molecule has 4 radical (unpaired) electrons. The summed E-state index contributed by atoms with van der Waals surface area (Å²) < 4.78 is 0. The second-order valence-corrected chi connectivity index (χ2v) is 0. The summed E-state index contributed by atoms with van der Waals surface area (Å²) in [6, 6.07) is 0. The van der Waals surface area contributed by atoms with Crippen molar-refractivity contribution in [2.45, 2.75) is 0 Å². The number of rotatable bonds is 0. The molecule has 0 saturated heterocycles. The third-order valence-corrected chi connectivity index (χ3v) is 0. The van der Waals surface area contributed by atoms with Gasteiger partial charge in [0.05, 0.1) is 0 Å². The van der Waals surface area contributed by atoms with Crippen LogP contribution in [0.4, 0.5) is 0 Å². The van der Waals surface area contributed by atoms with E-state index in [1.165, 1.54) is 0 Å². The minimum Gasteiger partial charge on any atom is -0.0149 e. The van der Waals surface area contributed by atoms with Crippen molar-refractivity contribution in [1.82, 2.24) is 6.15 Å². The fourth-order valence-electron chi connectivity index (χ4n) is 0. The Kier molecular flexibility index (Phi) is 609. The molecular formula is H10BInIrNSi. The van der Waals surface area contributed by atoms with E-state index in [0.29, 0.717) is 0 Å². The van der Waals surface area contributed by atoms with Crippen LogP contribution in [0.2, 0.25) is 0 Å². The Morgan fingerprint density at radius 3 is 1.00 bits per heavy atom. The second-order valence-electron chi connectivity index (χ2n) is 0. The van der Waals surface area contributed by atoms with E-state index >= 15 is 0 Å². The summed E-state index contributed by atoms with van der Waals surface area (Å²) >= 11 is 0. The predicted molar refractivity (Wildman–Crippen MR) is 32.0 cm³/mol. The Morgan fingerprint density at radius 1 is 1.00 bits per heavy atom. The molecule has 0 aliphatic carbocycles. The van der Waals surface area contributed by atoms with Crippen LogP contribution in [0.25, 0.3) is 0 Å². The molecule has 0 aromatic carbocycles. The van der Waals surface area contributed by atoms with E-state index in [1.54, 1.807) is 0 Å². The molecule has 1 nitrogen and oxygen atoms in total. The van der Waals surface area contributed by atoms with E-state index < -0.39 is 0 Å². The van der Waals surface area contributed by atoms with Crippen molar-refractivity contribution < 1.29 is 20.1 Å². The average Bonchev–Trinajstić information content (AvgIpc) is 0. The van der Waals surface area contributed by atoms with E-state index in [1.807, 2.05) is 0 Å². The van der Waals surface area contributed by atoms with Gasteiger partial charge in [-0.15, -0.1) is 0 Å². The Bertz CT molecular complexity index is 11.6. The van der Waals surface area contributed by atoms with Gasteiger partial charge in [-0.1, -0.05) is 0 Å². The van der Waals surface area contributed by atoms with Crippen molar-refractivity contribution in [2.75, 3.05) is 0 Å². The quantitative estimate of drug-likeness (QED) is 0.458. The first-order valence-corrected chi connectivity index (χ1v) is 0. The Morgan fingerprint density at radius 2 is 1.00 bits per heavy atom.